The maximum absolute atomic E-state index is 5.96. The lowest BCUT2D eigenvalue weighted by atomic mass is 9.86. The third kappa shape index (κ3) is 2.81. The first-order valence-electron chi connectivity index (χ1n) is 6.86. The van der Waals surface area contributed by atoms with Gasteiger partial charge < -0.3 is 10.3 Å². The number of nitrogens with zero attached hydrogens (tertiary/aromatic N) is 4. The summed E-state index contributed by atoms with van der Waals surface area (Å²) in [6.45, 7) is 0.742. The molecule has 0 spiro atoms. The number of nitrogens with two attached hydrogens (primary N) is 1. The van der Waals surface area contributed by atoms with Crippen molar-refractivity contribution < 1.29 is 0 Å². The molecule has 5 heteroatoms. The summed E-state index contributed by atoms with van der Waals surface area (Å²) in [5.41, 5.74) is 7.00. The zero-order valence-corrected chi connectivity index (χ0v) is 10.9. The van der Waals surface area contributed by atoms with Crippen molar-refractivity contribution in [3.63, 3.8) is 0 Å². The minimum atomic E-state index is 0.364. The summed E-state index contributed by atoms with van der Waals surface area (Å²) in [5.74, 6) is 1.57. The Morgan fingerprint density at radius 2 is 2.05 bits per heavy atom. The van der Waals surface area contributed by atoms with Gasteiger partial charge in [-0.2, -0.15) is 0 Å². The number of aromatic nitrogens is 4. The quantitative estimate of drug-likeness (QED) is 0.908. The van der Waals surface area contributed by atoms with Crippen molar-refractivity contribution in [3.8, 4) is 0 Å². The Bertz CT molecular complexity index is 514. The summed E-state index contributed by atoms with van der Waals surface area (Å²) in [6, 6.07) is 6.33. The summed E-state index contributed by atoms with van der Waals surface area (Å²) in [4.78, 5) is 4.36. The van der Waals surface area contributed by atoms with E-state index >= 15 is 0 Å². The summed E-state index contributed by atoms with van der Waals surface area (Å²) >= 11 is 0. The smallest absolute Gasteiger partial charge is 0.136 e. The van der Waals surface area contributed by atoms with E-state index in [0.29, 0.717) is 12.0 Å². The molecule has 0 unspecified atom stereocenters. The fraction of sp³-hybridized carbons (Fsp3) is 0.500. The van der Waals surface area contributed by atoms with Gasteiger partial charge in [-0.25, -0.2) is 0 Å². The van der Waals surface area contributed by atoms with Crippen molar-refractivity contribution in [2.45, 2.75) is 44.2 Å². The zero-order valence-electron chi connectivity index (χ0n) is 10.9. The molecule has 19 heavy (non-hydrogen) atoms. The van der Waals surface area contributed by atoms with E-state index in [0.717, 1.165) is 43.7 Å². The van der Waals surface area contributed by atoms with Crippen LogP contribution in [0.5, 0.6) is 0 Å². The summed E-state index contributed by atoms with van der Waals surface area (Å²) in [5, 5.41) is 8.37. The van der Waals surface area contributed by atoms with E-state index in [9.17, 15) is 0 Å². The highest BCUT2D eigenvalue weighted by atomic mass is 15.3. The number of hydrogen-bond acceptors (Lipinski definition) is 4. The van der Waals surface area contributed by atoms with E-state index < -0.39 is 0 Å². The van der Waals surface area contributed by atoms with Gasteiger partial charge in [0, 0.05) is 18.2 Å². The molecular weight excluding hydrogens is 238 g/mol. The van der Waals surface area contributed by atoms with Crippen LogP contribution in [0.15, 0.2) is 30.7 Å². The van der Waals surface area contributed by atoms with E-state index in [1.165, 1.54) is 0 Å². The van der Waals surface area contributed by atoms with Gasteiger partial charge in [0.05, 0.1) is 12.2 Å². The van der Waals surface area contributed by atoms with E-state index in [-0.39, 0.29) is 0 Å². The number of rotatable bonds is 3. The van der Waals surface area contributed by atoms with Crippen molar-refractivity contribution in [2.24, 2.45) is 5.73 Å². The van der Waals surface area contributed by atoms with Crippen LogP contribution in [0.1, 0.15) is 43.1 Å². The third-order valence-corrected chi connectivity index (χ3v) is 3.84. The molecule has 100 valence electrons. The van der Waals surface area contributed by atoms with Crippen LogP contribution in [-0.2, 0) is 6.54 Å². The molecule has 5 nitrogen and oxygen atoms in total. The first-order valence-corrected chi connectivity index (χ1v) is 6.86. The second-order valence-corrected chi connectivity index (χ2v) is 5.25. The topological polar surface area (TPSA) is 69.6 Å². The van der Waals surface area contributed by atoms with Crippen molar-refractivity contribution >= 4 is 0 Å². The van der Waals surface area contributed by atoms with Gasteiger partial charge in [0.25, 0.3) is 0 Å². The Kier molecular flexibility index (Phi) is 3.55. The standard InChI is InChI=1S/C14H19N5/c15-12-6-4-11(5-7-12)14-18-17-10-19(14)9-13-3-1-2-8-16-13/h1-3,8,10-12H,4-7,9,15H2. The van der Waals surface area contributed by atoms with E-state index in [4.69, 9.17) is 5.73 Å². The van der Waals surface area contributed by atoms with Crippen LogP contribution >= 0.6 is 0 Å². The van der Waals surface area contributed by atoms with Crippen LogP contribution in [0.4, 0.5) is 0 Å². The molecule has 1 saturated carbocycles. The summed E-state index contributed by atoms with van der Waals surface area (Å²) in [6.07, 6.45) is 8.02. The lowest BCUT2D eigenvalue weighted by Crippen LogP contribution is -2.26. The Morgan fingerprint density at radius 3 is 2.79 bits per heavy atom. The Morgan fingerprint density at radius 1 is 1.21 bits per heavy atom. The molecule has 1 aliphatic carbocycles. The average Bonchev–Trinajstić information content (AvgIpc) is 2.89. The molecule has 1 aliphatic rings. The van der Waals surface area contributed by atoms with Gasteiger partial charge in [0.15, 0.2) is 0 Å². The molecule has 0 saturated heterocycles. The molecule has 2 heterocycles. The lowest BCUT2D eigenvalue weighted by Gasteiger charge is -2.25. The minimum absolute atomic E-state index is 0.364. The van der Waals surface area contributed by atoms with Gasteiger partial charge in [0.2, 0.25) is 0 Å². The van der Waals surface area contributed by atoms with Gasteiger partial charge in [-0.1, -0.05) is 6.07 Å². The van der Waals surface area contributed by atoms with E-state index in [1.54, 1.807) is 6.33 Å². The van der Waals surface area contributed by atoms with Gasteiger partial charge >= 0.3 is 0 Å². The molecule has 3 rings (SSSR count). The van der Waals surface area contributed by atoms with Crippen LogP contribution in [0.25, 0.3) is 0 Å². The van der Waals surface area contributed by atoms with Crippen molar-refractivity contribution in [1.29, 1.82) is 0 Å². The maximum Gasteiger partial charge on any atom is 0.136 e. The average molecular weight is 257 g/mol. The molecule has 0 aromatic carbocycles. The lowest BCUT2D eigenvalue weighted by molar-refractivity contribution is 0.377. The van der Waals surface area contributed by atoms with E-state index in [2.05, 4.69) is 19.7 Å². The van der Waals surface area contributed by atoms with Gasteiger partial charge in [-0.3, -0.25) is 4.98 Å². The Balaban J connectivity index is 1.75. The van der Waals surface area contributed by atoms with Crippen molar-refractivity contribution in [3.05, 3.63) is 42.2 Å². The molecule has 0 amide bonds. The molecule has 2 N–H and O–H groups in total. The van der Waals surface area contributed by atoms with Crippen molar-refractivity contribution in [2.75, 3.05) is 0 Å². The predicted molar refractivity (Wildman–Crippen MR) is 72.5 cm³/mol. The molecule has 0 bridgehead atoms. The number of pyridine rings is 1. The second-order valence-electron chi connectivity index (χ2n) is 5.25. The van der Waals surface area contributed by atoms with Crippen LogP contribution in [0.3, 0.4) is 0 Å². The zero-order chi connectivity index (χ0) is 13.1. The van der Waals surface area contributed by atoms with Crippen molar-refractivity contribution in [1.82, 2.24) is 19.7 Å². The molecule has 1 fully saturated rings. The molecule has 0 aliphatic heterocycles. The van der Waals surface area contributed by atoms with E-state index in [1.807, 2.05) is 24.4 Å². The second kappa shape index (κ2) is 5.48. The SMILES string of the molecule is NC1CCC(c2nncn2Cc2ccccn2)CC1. The first kappa shape index (κ1) is 12.3. The highest BCUT2D eigenvalue weighted by Gasteiger charge is 2.24. The number of hydrogen-bond donors (Lipinski definition) is 1. The normalized spacial score (nSPS) is 23.4. The minimum Gasteiger partial charge on any atom is -0.328 e. The fourth-order valence-corrected chi connectivity index (χ4v) is 2.75. The van der Waals surface area contributed by atoms with Crippen LogP contribution in [-0.4, -0.2) is 25.8 Å². The van der Waals surface area contributed by atoms with Crippen LogP contribution in [0, 0.1) is 0 Å². The fourth-order valence-electron chi connectivity index (χ4n) is 2.75. The van der Waals surface area contributed by atoms with Gasteiger partial charge in [-0.15, -0.1) is 10.2 Å². The van der Waals surface area contributed by atoms with Gasteiger partial charge in [-0.05, 0) is 37.8 Å². The van der Waals surface area contributed by atoms with Crippen LogP contribution < -0.4 is 5.73 Å². The molecular formula is C14H19N5. The summed E-state index contributed by atoms with van der Waals surface area (Å²) < 4.78 is 2.11. The van der Waals surface area contributed by atoms with Gasteiger partial charge in [0.1, 0.15) is 12.2 Å². The van der Waals surface area contributed by atoms with Crippen LogP contribution in [0.2, 0.25) is 0 Å². The molecule has 0 atom stereocenters. The monoisotopic (exact) mass is 257 g/mol. The largest absolute Gasteiger partial charge is 0.328 e. The summed E-state index contributed by atoms with van der Waals surface area (Å²) in [7, 11) is 0. The highest BCUT2D eigenvalue weighted by molar-refractivity contribution is 5.07. The molecule has 2 aromatic rings. The third-order valence-electron chi connectivity index (χ3n) is 3.84. The Hall–Kier alpha value is -1.75. The maximum atomic E-state index is 5.96. The highest BCUT2D eigenvalue weighted by Crippen LogP contribution is 2.31. The molecule has 0 radical (unpaired) electrons. The first-order chi connectivity index (χ1) is 9.33. The molecule has 2 aromatic heterocycles. The Labute approximate surface area is 112 Å². The predicted octanol–water partition coefficient (Wildman–Crippen LogP) is 1.71.